The summed E-state index contributed by atoms with van der Waals surface area (Å²) in [5.74, 6) is -0.662. The van der Waals surface area contributed by atoms with E-state index >= 15 is 0 Å². The molecule has 3 aromatic rings. The van der Waals surface area contributed by atoms with Crippen molar-refractivity contribution in [1.29, 1.82) is 0 Å². The van der Waals surface area contributed by atoms with Gasteiger partial charge in [0, 0.05) is 5.02 Å². The molecule has 8 nitrogen and oxygen atoms in total. The highest BCUT2D eigenvalue weighted by Crippen LogP contribution is 2.25. The van der Waals surface area contributed by atoms with Crippen LogP contribution in [0.15, 0.2) is 59.8 Å². The van der Waals surface area contributed by atoms with E-state index in [2.05, 4.69) is 14.7 Å². The number of carbonyl (C=O) groups is 1. The second-order valence-electron chi connectivity index (χ2n) is 5.67. The number of anilines is 1. The molecule has 1 heterocycles. The third-order valence-electron chi connectivity index (χ3n) is 3.57. The minimum absolute atomic E-state index is 0.0684. The summed E-state index contributed by atoms with van der Waals surface area (Å²) in [5.41, 5.74) is 0.393. The molecule has 0 saturated heterocycles. The molecule has 0 aliphatic carbocycles. The highest BCUT2D eigenvalue weighted by atomic mass is 35.5. The van der Waals surface area contributed by atoms with Crippen LogP contribution in [0.4, 0.5) is 5.69 Å². The monoisotopic (exact) mass is 419 g/mol. The lowest BCUT2D eigenvalue weighted by atomic mass is 10.2. The normalized spacial score (nSPS) is 11.1. The molecule has 144 valence electrons. The van der Waals surface area contributed by atoms with Crippen molar-refractivity contribution in [1.82, 2.24) is 9.97 Å². The molecule has 1 aromatic heterocycles. The lowest BCUT2D eigenvalue weighted by Crippen LogP contribution is -2.15. The van der Waals surface area contributed by atoms with Gasteiger partial charge in [-0.1, -0.05) is 11.6 Å². The molecule has 0 atom stereocenters. The van der Waals surface area contributed by atoms with Crippen molar-refractivity contribution in [3.05, 3.63) is 71.1 Å². The Hall–Kier alpha value is -3.17. The average Bonchev–Trinajstić information content (AvgIpc) is 2.65. The number of nitrogens with one attached hydrogen (secondary N) is 1. The number of hydrogen-bond acceptors (Lipinski definition) is 6. The van der Waals surface area contributed by atoms with Crippen LogP contribution in [0, 0.1) is 6.92 Å². The van der Waals surface area contributed by atoms with Gasteiger partial charge in [0.15, 0.2) is 0 Å². The van der Waals surface area contributed by atoms with Gasteiger partial charge in [-0.3, -0.25) is 9.71 Å². The Morgan fingerprint density at radius 1 is 1.11 bits per heavy atom. The number of halogens is 1. The number of aryl methyl sites for hydroxylation is 1. The van der Waals surface area contributed by atoms with E-state index in [1.54, 1.807) is 13.1 Å². The van der Waals surface area contributed by atoms with E-state index in [-0.39, 0.29) is 27.0 Å². The zero-order valence-electron chi connectivity index (χ0n) is 14.5. The van der Waals surface area contributed by atoms with Gasteiger partial charge in [0.1, 0.15) is 5.75 Å². The zero-order valence-corrected chi connectivity index (χ0v) is 16.0. The first-order valence-electron chi connectivity index (χ1n) is 7.87. The fourth-order valence-electron chi connectivity index (χ4n) is 2.23. The summed E-state index contributed by atoms with van der Waals surface area (Å²) in [7, 11) is -4.02. The number of benzene rings is 2. The van der Waals surface area contributed by atoms with Gasteiger partial charge in [-0.25, -0.2) is 18.2 Å². The van der Waals surface area contributed by atoms with Gasteiger partial charge < -0.3 is 9.84 Å². The van der Waals surface area contributed by atoms with Crippen molar-refractivity contribution in [2.75, 3.05) is 4.72 Å². The molecule has 0 unspecified atom stereocenters. The molecule has 0 spiro atoms. The Kier molecular flexibility index (Phi) is 5.48. The maximum atomic E-state index is 12.6. The van der Waals surface area contributed by atoms with Crippen LogP contribution < -0.4 is 9.46 Å². The molecule has 0 aliphatic heterocycles. The molecule has 28 heavy (non-hydrogen) atoms. The van der Waals surface area contributed by atoms with Crippen LogP contribution in [0.1, 0.15) is 16.1 Å². The molecule has 0 fully saturated rings. The van der Waals surface area contributed by atoms with Gasteiger partial charge in [-0.2, -0.15) is 0 Å². The third-order valence-corrected chi connectivity index (χ3v) is 5.19. The fourth-order valence-corrected chi connectivity index (χ4v) is 3.48. The quantitative estimate of drug-likeness (QED) is 0.624. The molecule has 2 aromatic carbocycles. The second kappa shape index (κ2) is 7.83. The molecule has 0 saturated carbocycles. The number of aromatic nitrogens is 2. The number of rotatable bonds is 6. The largest absolute Gasteiger partial charge is 0.478 e. The highest BCUT2D eigenvalue weighted by molar-refractivity contribution is 7.92. The van der Waals surface area contributed by atoms with Crippen LogP contribution in [-0.4, -0.2) is 29.5 Å². The molecule has 0 aliphatic rings. The van der Waals surface area contributed by atoms with E-state index in [9.17, 15) is 18.3 Å². The SMILES string of the molecule is Cc1cnc(Oc2ccc(S(=O)(=O)Nc3ccc(Cl)cc3C(=O)O)cc2)cn1. The maximum absolute atomic E-state index is 12.6. The number of sulfonamides is 1. The van der Waals surface area contributed by atoms with E-state index < -0.39 is 16.0 Å². The number of carboxylic acid groups (broad SMARTS) is 1. The van der Waals surface area contributed by atoms with Gasteiger partial charge in [-0.15, -0.1) is 0 Å². The summed E-state index contributed by atoms with van der Waals surface area (Å²) < 4.78 is 32.9. The Bertz CT molecular complexity index is 1120. The Morgan fingerprint density at radius 2 is 1.82 bits per heavy atom. The molecule has 10 heteroatoms. The summed E-state index contributed by atoms with van der Waals surface area (Å²) in [5, 5.41) is 9.41. The zero-order chi connectivity index (χ0) is 20.3. The molecular weight excluding hydrogens is 406 g/mol. The number of ether oxygens (including phenoxy) is 1. The van der Waals surface area contributed by atoms with Gasteiger partial charge in [0.05, 0.1) is 34.2 Å². The first-order chi connectivity index (χ1) is 13.2. The summed E-state index contributed by atoms with van der Waals surface area (Å²) in [6.07, 6.45) is 3.00. The fraction of sp³-hybridized carbons (Fsp3) is 0.0556. The van der Waals surface area contributed by atoms with Crippen LogP contribution in [-0.2, 0) is 10.0 Å². The van der Waals surface area contributed by atoms with Crippen molar-refractivity contribution in [3.8, 4) is 11.6 Å². The minimum Gasteiger partial charge on any atom is -0.478 e. The van der Waals surface area contributed by atoms with E-state index in [4.69, 9.17) is 16.3 Å². The van der Waals surface area contributed by atoms with Crippen molar-refractivity contribution in [2.24, 2.45) is 0 Å². The predicted octanol–water partition coefficient (Wildman–Crippen LogP) is 3.73. The van der Waals surface area contributed by atoms with Crippen molar-refractivity contribution in [3.63, 3.8) is 0 Å². The topological polar surface area (TPSA) is 118 Å². The van der Waals surface area contributed by atoms with Gasteiger partial charge in [0.2, 0.25) is 5.88 Å². The molecule has 3 rings (SSSR count). The Labute approximate surface area is 165 Å². The van der Waals surface area contributed by atoms with Crippen LogP contribution in [0.25, 0.3) is 0 Å². The molecule has 0 amide bonds. The second-order valence-corrected chi connectivity index (χ2v) is 7.79. The Morgan fingerprint density at radius 3 is 2.43 bits per heavy atom. The summed E-state index contributed by atoms with van der Waals surface area (Å²) in [6.45, 7) is 1.79. The van der Waals surface area contributed by atoms with Crippen molar-refractivity contribution < 1.29 is 23.1 Å². The van der Waals surface area contributed by atoms with Gasteiger partial charge in [-0.05, 0) is 49.4 Å². The first kappa shape index (κ1) is 19.6. The number of nitrogens with zero attached hydrogens (tertiary/aromatic N) is 2. The third kappa shape index (κ3) is 4.56. The summed E-state index contributed by atoms with van der Waals surface area (Å²) >= 11 is 5.78. The number of carboxylic acids is 1. The average molecular weight is 420 g/mol. The summed E-state index contributed by atoms with van der Waals surface area (Å²) in [6, 6.07) is 9.42. The van der Waals surface area contributed by atoms with Crippen molar-refractivity contribution >= 4 is 33.3 Å². The molecule has 0 bridgehead atoms. The molecule has 0 radical (unpaired) electrons. The summed E-state index contributed by atoms with van der Waals surface area (Å²) in [4.78, 5) is 19.4. The van der Waals surface area contributed by atoms with E-state index in [0.29, 0.717) is 5.75 Å². The Balaban J connectivity index is 1.81. The van der Waals surface area contributed by atoms with Gasteiger partial charge >= 0.3 is 5.97 Å². The van der Waals surface area contributed by atoms with Crippen LogP contribution in [0.3, 0.4) is 0 Å². The molecule has 2 N–H and O–H groups in total. The smallest absolute Gasteiger partial charge is 0.337 e. The lowest BCUT2D eigenvalue weighted by molar-refractivity contribution is 0.0698. The maximum Gasteiger partial charge on any atom is 0.337 e. The van der Waals surface area contributed by atoms with E-state index in [0.717, 1.165) is 5.69 Å². The number of aromatic carboxylic acids is 1. The van der Waals surface area contributed by atoms with Crippen molar-refractivity contribution in [2.45, 2.75) is 11.8 Å². The minimum atomic E-state index is -4.02. The van der Waals surface area contributed by atoms with E-state index in [1.807, 2.05) is 0 Å². The van der Waals surface area contributed by atoms with Crippen LogP contribution >= 0.6 is 11.6 Å². The first-order valence-corrected chi connectivity index (χ1v) is 9.73. The molecular formula is C18H14ClN3O5S. The van der Waals surface area contributed by atoms with Crippen LogP contribution in [0.2, 0.25) is 5.02 Å². The lowest BCUT2D eigenvalue weighted by Gasteiger charge is -2.11. The van der Waals surface area contributed by atoms with Gasteiger partial charge in [0.25, 0.3) is 10.0 Å². The van der Waals surface area contributed by atoms with E-state index in [1.165, 1.54) is 48.7 Å². The predicted molar refractivity (Wildman–Crippen MR) is 103 cm³/mol. The van der Waals surface area contributed by atoms with Crippen LogP contribution in [0.5, 0.6) is 11.6 Å². The standard InChI is InChI=1S/C18H14ClN3O5S/c1-11-9-21-17(10-20-11)27-13-3-5-14(6-4-13)28(25,26)22-16-7-2-12(19)8-15(16)18(23)24/h2-10,22H,1H3,(H,23,24). The highest BCUT2D eigenvalue weighted by Gasteiger charge is 2.19. The number of hydrogen-bond donors (Lipinski definition) is 2.